The Morgan fingerprint density at radius 2 is 1.85 bits per heavy atom. The van der Waals surface area contributed by atoms with E-state index in [9.17, 15) is 9.59 Å². The van der Waals surface area contributed by atoms with Gasteiger partial charge >= 0.3 is 0 Å². The topological polar surface area (TPSA) is 94.1 Å². The number of hydrogen-bond acceptors (Lipinski definition) is 5. The molecule has 9 heteroatoms. The molecule has 34 heavy (non-hydrogen) atoms. The number of carbonyl (C=O) groups is 2. The van der Waals surface area contributed by atoms with Crippen LogP contribution in [0.4, 0.5) is 0 Å². The van der Waals surface area contributed by atoms with Crippen LogP contribution in [0.15, 0.2) is 46.0 Å². The Morgan fingerprint density at radius 1 is 1.15 bits per heavy atom. The van der Waals surface area contributed by atoms with Gasteiger partial charge in [-0.3, -0.25) is 15.0 Å². The van der Waals surface area contributed by atoms with Crippen molar-refractivity contribution < 1.29 is 9.59 Å². The van der Waals surface area contributed by atoms with E-state index < -0.39 is 5.91 Å². The van der Waals surface area contributed by atoms with Gasteiger partial charge < -0.3 is 9.47 Å². The van der Waals surface area contributed by atoms with E-state index in [2.05, 4.69) is 45.9 Å². The summed E-state index contributed by atoms with van der Waals surface area (Å²) in [5.74, 6) is -0.459. The maximum atomic E-state index is 12.8. The lowest BCUT2D eigenvalue weighted by atomic mass is 10.1. The van der Waals surface area contributed by atoms with E-state index in [4.69, 9.17) is 5.41 Å². The van der Waals surface area contributed by atoms with E-state index in [0.717, 1.165) is 48.6 Å². The highest BCUT2D eigenvalue weighted by Crippen LogP contribution is 2.31. The number of benzene rings is 1. The molecule has 1 N–H and O–H groups in total. The van der Waals surface area contributed by atoms with Crippen LogP contribution in [0.3, 0.4) is 0 Å². The Labute approximate surface area is 202 Å². The lowest BCUT2D eigenvalue weighted by Gasteiger charge is -2.20. The zero-order valence-corrected chi connectivity index (χ0v) is 20.3. The molecule has 0 atom stereocenters. The van der Waals surface area contributed by atoms with Crippen LogP contribution >= 0.6 is 11.8 Å². The highest BCUT2D eigenvalue weighted by molar-refractivity contribution is 8.27. The highest BCUT2D eigenvalue weighted by Gasteiger charge is 2.36. The molecule has 1 aromatic carbocycles. The van der Waals surface area contributed by atoms with E-state index in [1.807, 2.05) is 24.8 Å². The zero-order valence-electron chi connectivity index (χ0n) is 19.5. The number of amidine groups is 2. The predicted molar refractivity (Wildman–Crippen MR) is 135 cm³/mol. The first-order valence-corrected chi connectivity index (χ1v) is 12.2. The summed E-state index contributed by atoms with van der Waals surface area (Å²) in [6, 6.07) is 10.3. The molecule has 0 radical (unpaired) electrons. The minimum atomic E-state index is -0.466. The molecule has 3 aliphatic rings. The van der Waals surface area contributed by atoms with Gasteiger partial charge in [0.2, 0.25) is 11.1 Å². The first kappa shape index (κ1) is 22.3. The van der Waals surface area contributed by atoms with Gasteiger partial charge in [0.05, 0.1) is 12.0 Å². The van der Waals surface area contributed by atoms with E-state index in [-0.39, 0.29) is 23.7 Å². The molecule has 0 spiro atoms. The van der Waals surface area contributed by atoms with Gasteiger partial charge in [0.15, 0.2) is 5.84 Å². The molecule has 8 nitrogen and oxygen atoms in total. The number of aromatic nitrogens is 1. The van der Waals surface area contributed by atoms with Crippen molar-refractivity contribution in [3.63, 3.8) is 0 Å². The second kappa shape index (κ2) is 8.72. The molecule has 4 heterocycles. The quantitative estimate of drug-likeness (QED) is 0.677. The van der Waals surface area contributed by atoms with Crippen LogP contribution in [0.5, 0.6) is 0 Å². The van der Waals surface area contributed by atoms with Crippen LogP contribution in [0.1, 0.15) is 41.8 Å². The third-order valence-electron chi connectivity index (χ3n) is 6.32. The number of nitrogens with zero attached hydrogens (tertiary/aromatic N) is 5. The molecule has 0 saturated carbocycles. The predicted octanol–water partition coefficient (Wildman–Crippen LogP) is 4.03. The minimum absolute atomic E-state index is 0.0220. The monoisotopic (exact) mass is 474 g/mol. The number of thioether (sulfide) groups is 1. The molecule has 0 unspecified atom stereocenters. The fourth-order valence-corrected chi connectivity index (χ4v) is 5.37. The fourth-order valence-electron chi connectivity index (χ4n) is 4.49. The minimum Gasteiger partial charge on any atom is -0.342 e. The average molecular weight is 475 g/mol. The van der Waals surface area contributed by atoms with E-state index >= 15 is 0 Å². The third kappa shape index (κ3) is 4.00. The maximum absolute atomic E-state index is 12.8. The molecule has 5 rings (SSSR count). The van der Waals surface area contributed by atoms with Crippen molar-refractivity contribution in [2.24, 2.45) is 10.1 Å². The second-order valence-corrected chi connectivity index (χ2v) is 9.82. The van der Waals surface area contributed by atoms with Crippen LogP contribution in [0.2, 0.25) is 0 Å². The molecule has 2 aromatic rings. The van der Waals surface area contributed by atoms with Crippen LogP contribution in [0.25, 0.3) is 11.8 Å². The van der Waals surface area contributed by atoms with Crippen LogP contribution < -0.4 is 0 Å². The van der Waals surface area contributed by atoms with Gasteiger partial charge in [0.25, 0.3) is 5.91 Å². The fraction of sp³-hybridized carbons (Fsp3) is 0.320. The number of hydrogen-bond donors (Lipinski definition) is 1. The lowest BCUT2D eigenvalue weighted by molar-refractivity contribution is -0.128. The van der Waals surface area contributed by atoms with Gasteiger partial charge in [0.1, 0.15) is 5.04 Å². The SMILES string of the molecule is Cc1ccc(-n2c(C)cc(/C=C3\C(=N)N4N=C(CC(=O)N5CCCC5)SC4=NC3=O)c2C)cc1. The summed E-state index contributed by atoms with van der Waals surface area (Å²) in [5.41, 5.74) is 5.27. The molecule has 1 saturated heterocycles. The maximum Gasteiger partial charge on any atom is 0.283 e. The largest absolute Gasteiger partial charge is 0.342 e. The molecule has 3 aliphatic heterocycles. The Balaban J connectivity index is 1.41. The van der Waals surface area contributed by atoms with Crippen molar-refractivity contribution in [2.75, 3.05) is 13.1 Å². The van der Waals surface area contributed by atoms with Crippen LogP contribution in [0, 0.1) is 26.2 Å². The van der Waals surface area contributed by atoms with Crippen LogP contribution in [-0.2, 0) is 9.59 Å². The van der Waals surface area contributed by atoms with E-state index in [1.165, 1.54) is 22.3 Å². The number of aliphatic imine (C=N–C) groups is 1. The van der Waals surface area contributed by atoms with Gasteiger partial charge in [-0.05, 0) is 75.2 Å². The van der Waals surface area contributed by atoms with Crippen molar-refractivity contribution >= 4 is 45.7 Å². The number of aryl methyl sites for hydroxylation is 2. The Morgan fingerprint density at radius 3 is 2.56 bits per heavy atom. The number of hydrazone groups is 1. The summed E-state index contributed by atoms with van der Waals surface area (Å²) < 4.78 is 2.13. The first-order chi connectivity index (χ1) is 16.3. The van der Waals surface area contributed by atoms with Crippen molar-refractivity contribution in [1.29, 1.82) is 5.41 Å². The van der Waals surface area contributed by atoms with Crippen LogP contribution in [-0.4, -0.2) is 55.4 Å². The van der Waals surface area contributed by atoms with Gasteiger partial charge in [-0.2, -0.15) is 15.1 Å². The number of fused-ring (bicyclic) bond motifs is 1. The third-order valence-corrected chi connectivity index (χ3v) is 7.23. The summed E-state index contributed by atoms with van der Waals surface area (Å²) in [6.45, 7) is 7.63. The molecule has 0 aliphatic carbocycles. The number of nitrogens with one attached hydrogen (secondary N) is 1. The summed E-state index contributed by atoms with van der Waals surface area (Å²) in [5, 5.41) is 15.3. The molecule has 1 aromatic heterocycles. The van der Waals surface area contributed by atoms with Gasteiger partial charge in [-0.15, -0.1) is 0 Å². The first-order valence-electron chi connectivity index (χ1n) is 11.3. The number of likely N-dealkylation sites (tertiary alicyclic amines) is 1. The van der Waals surface area contributed by atoms with Gasteiger partial charge in [-0.25, -0.2) is 0 Å². The average Bonchev–Trinajstić information content (AvgIpc) is 3.52. The molecular formula is C25H26N6O2S. The van der Waals surface area contributed by atoms with Crippen molar-refractivity contribution in [1.82, 2.24) is 14.5 Å². The lowest BCUT2D eigenvalue weighted by Crippen LogP contribution is -2.35. The molecule has 174 valence electrons. The summed E-state index contributed by atoms with van der Waals surface area (Å²) in [7, 11) is 0. The van der Waals surface area contributed by atoms with Crippen molar-refractivity contribution in [2.45, 2.75) is 40.0 Å². The Hall–Kier alpha value is -3.46. The molecule has 1 fully saturated rings. The standard InChI is InChI=1S/C25H26N6O2S/c1-15-6-8-19(9-7-15)30-16(2)12-18(17(30)3)13-20-23(26)31-25(27-24(20)33)34-21(28-31)14-22(32)29-10-4-5-11-29/h6-9,12-13,26H,4-5,10-11,14H2,1-3H3/b20-13+,26-23?. The zero-order chi connectivity index (χ0) is 24.0. The summed E-state index contributed by atoms with van der Waals surface area (Å²) in [4.78, 5) is 31.3. The number of rotatable bonds is 4. The van der Waals surface area contributed by atoms with Crippen molar-refractivity contribution in [3.05, 3.63) is 58.4 Å². The van der Waals surface area contributed by atoms with Gasteiger partial charge in [-0.1, -0.05) is 17.7 Å². The molecule has 2 amide bonds. The number of carbonyl (C=O) groups excluding carboxylic acids is 2. The van der Waals surface area contributed by atoms with E-state index in [1.54, 1.807) is 6.08 Å². The summed E-state index contributed by atoms with van der Waals surface area (Å²) >= 11 is 1.19. The van der Waals surface area contributed by atoms with E-state index in [0.29, 0.717) is 10.2 Å². The van der Waals surface area contributed by atoms with Gasteiger partial charge in [0, 0.05) is 30.2 Å². The smallest absolute Gasteiger partial charge is 0.283 e. The normalized spacial score (nSPS) is 19.1. The summed E-state index contributed by atoms with van der Waals surface area (Å²) in [6.07, 6.45) is 3.94. The second-order valence-electron chi connectivity index (χ2n) is 8.78. The molecule has 0 bridgehead atoms. The van der Waals surface area contributed by atoms with Crippen molar-refractivity contribution in [3.8, 4) is 5.69 Å². The highest BCUT2D eigenvalue weighted by atomic mass is 32.2. The Bertz CT molecular complexity index is 1300. The molecular weight excluding hydrogens is 448 g/mol. The number of amides is 2. The Kier molecular flexibility index (Phi) is 5.73.